The Morgan fingerprint density at radius 2 is 2.14 bits per heavy atom. The van der Waals surface area contributed by atoms with Crippen molar-refractivity contribution in [2.45, 2.75) is 20.3 Å². The van der Waals surface area contributed by atoms with Crippen LogP contribution in [0.2, 0.25) is 0 Å². The molecule has 1 amide bonds. The molecule has 2 rings (SSSR count). The quantitative estimate of drug-likeness (QED) is 0.888. The van der Waals surface area contributed by atoms with Gasteiger partial charge in [-0.3, -0.25) is 9.59 Å². The lowest BCUT2D eigenvalue weighted by atomic mass is 10.1. The largest absolute Gasteiger partial charge is 0.481 e. The van der Waals surface area contributed by atoms with Crippen LogP contribution in [0.4, 0.5) is 4.39 Å². The highest BCUT2D eigenvalue weighted by Gasteiger charge is 2.18. The van der Waals surface area contributed by atoms with Crippen LogP contribution in [0.15, 0.2) is 22.6 Å². The van der Waals surface area contributed by atoms with Crippen molar-refractivity contribution in [1.29, 1.82) is 0 Å². The summed E-state index contributed by atoms with van der Waals surface area (Å²) in [6.45, 7) is 3.49. The van der Waals surface area contributed by atoms with Gasteiger partial charge in [-0.15, -0.1) is 0 Å². The summed E-state index contributed by atoms with van der Waals surface area (Å²) in [6, 6.07) is 4.06. The summed E-state index contributed by atoms with van der Waals surface area (Å²) < 4.78 is 18.6. The predicted octanol–water partition coefficient (Wildman–Crippen LogP) is 2.72. The topological polar surface area (TPSA) is 79.5 Å². The molecule has 0 spiro atoms. The van der Waals surface area contributed by atoms with Crippen molar-refractivity contribution < 1.29 is 23.5 Å². The number of aryl methyl sites for hydroxylation is 1. The molecule has 1 heterocycles. The molecular formula is C15H16FNO4. The molecule has 0 radical (unpaired) electrons. The maximum absolute atomic E-state index is 13.2. The average Bonchev–Trinajstić information content (AvgIpc) is 2.75. The minimum atomic E-state index is -0.903. The number of rotatable bonds is 5. The zero-order chi connectivity index (χ0) is 15.6. The molecule has 112 valence electrons. The van der Waals surface area contributed by atoms with E-state index in [2.05, 4.69) is 5.32 Å². The second-order valence-corrected chi connectivity index (χ2v) is 4.98. The molecule has 2 N–H and O–H groups in total. The van der Waals surface area contributed by atoms with Crippen molar-refractivity contribution in [3.8, 4) is 0 Å². The van der Waals surface area contributed by atoms with Crippen LogP contribution in [0.5, 0.6) is 0 Å². The first-order valence-corrected chi connectivity index (χ1v) is 6.59. The van der Waals surface area contributed by atoms with E-state index in [1.807, 2.05) is 0 Å². The fourth-order valence-electron chi connectivity index (χ4n) is 2.02. The molecule has 1 unspecified atom stereocenters. The molecule has 0 aliphatic carbocycles. The second kappa shape index (κ2) is 5.95. The van der Waals surface area contributed by atoms with Crippen molar-refractivity contribution >= 4 is 22.8 Å². The molecule has 6 heteroatoms. The molecule has 0 bridgehead atoms. The molecule has 21 heavy (non-hydrogen) atoms. The number of benzene rings is 1. The first kappa shape index (κ1) is 15.0. The molecule has 0 aliphatic heterocycles. The Labute approximate surface area is 120 Å². The number of halogens is 1. The van der Waals surface area contributed by atoms with Crippen molar-refractivity contribution in [1.82, 2.24) is 5.32 Å². The van der Waals surface area contributed by atoms with Gasteiger partial charge in [0.25, 0.3) is 5.91 Å². The third-order valence-electron chi connectivity index (χ3n) is 3.39. The Bertz CT molecular complexity index is 692. The molecule has 1 atom stereocenters. The van der Waals surface area contributed by atoms with Gasteiger partial charge in [0.15, 0.2) is 5.76 Å². The smallest absolute Gasteiger partial charge is 0.306 e. The van der Waals surface area contributed by atoms with Crippen LogP contribution in [0.1, 0.15) is 29.5 Å². The Hall–Kier alpha value is -2.37. The summed E-state index contributed by atoms with van der Waals surface area (Å²) in [5, 5.41) is 11.9. The average molecular weight is 293 g/mol. The molecule has 0 saturated carbocycles. The maximum Gasteiger partial charge on any atom is 0.306 e. The fraction of sp³-hybridized carbons (Fsp3) is 0.333. The number of aliphatic carboxylic acids is 1. The molecule has 0 fully saturated rings. The van der Waals surface area contributed by atoms with E-state index in [0.717, 1.165) is 0 Å². The summed E-state index contributed by atoms with van der Waals surface area (Å²) in [5.74, 6) is -2.13. The van der Waals surface area contributed by atoms with Gasteiger partial charge < -0.3 is 14.8 Å². The molecule has 5 nitrogen and oxygen atoms in total. The third-order valence-corrected chi connectivity index (χ3v) is 3.39. The normalized spacial score (nSPS) is 12.3. The number of carboxylic acid groups (broad SMARTS) is 1. The van der Waals surface area contributed by atoms with Crippen molar-refractivity contribution in [2.75, 3.05) is 6.54 Å². The summed E-state index contributed by atoms with van der Waals surface area (Å²) >= 11 is 0. The highest BCUT2D eigenvalue weighted by atomic mass is 19.1. The van der Waals surface area contributed by atoms with Gasteiger partial charge in [0.2, 0.25) is 0 Å². The van der Waals surface area contributed by atoms with Gasteiger partial charge in [-0.1, -0.05) is 6.92 Å². The maximum atomic E-state index is 13.2. The minimum absolute atomic E-state index is 0.124. The SMILES string of the molecule is Cc1c(C(=O)NCCC(C)C(=O)O)oc2ccc(F)cc12. The lowest BCUT2D eigenvalue weighted by molar-refractivity contribution is -0.141. The Kier molecular flexibility index (Phi) is 4.26. The van der Waals surface area contributed by atoms with Crippen molar-refractivity contribution in [3.05, 3.63) is 35.3 Å². The summed E-state index contributed by atoms with van der Waals surface area (Å²) in [4.78, 5) is 22.7. The van der Waals surface area contributed by atoms with Gasteiger partial charge in [-0.25, -0.2) is 4.39 Å². The Morgan fingerprint density at radius 1 is 1.43 bits per heavy atom. The van der Waals surface area contributed by atoms with Crippen LogP contribution in [-0.2, 0) is 4.79 Å². The number of hydrogen-bond donors (Lipinski definition) is 2. The van der Waals surface area contributed by atoms with E-state index in [-0.39, 0.29) is 12.3 Å². The minimum Gasteiger partial charge on any atom is -0.481 e. The van der Waals surface area contributed by atoms with E-state index in [0.29, 0.717) is 23.0 Å². The van der Waals surface area contributed by atoms with Gasteiger partial charge in [0.1, 0.15) is 11.4 Å². The van der Waals surface area contributed by atoms with E-state index in [1.54, 1.807) is 13.8 Å². The van der Waals surface area contributed by atoms with E-state index >= 15 is 0 Å². The molecule has 1 aromatic carbocycles. The summed E-state index contributed by atoms with van der Waals surface area (Å²) in [5.41, 5.74) is 1.01. The Balaban J connectivity index is 2.09. The standard InChI is InChI=1S/C15H16FNO4/c1-8(15(19)20)5-6-17-14(18)13-9(2)11-7-10(16)3-4-12(11)21-13/h3-4,7-8H,5-6H2,1-2H3,(H,17,18)(H,19,20). The van der Waals surface area contributed by atoms with Gasteiger partial charge >= 0.3 is 5.97 Å². The monoisotopic (exact) mass is 293 g/mol. The van der Waals surface area contributed by atoms with Crippen molar-refractivity contribution in [3.63, 3.8) is 0 Å². The van der Waals surface area contributed by atoms with Crippen molar-refractivity contribution in [2.24, 2.45) is 5.92 Å². The number of fused-ring (bicyclic) bond motifs is 1. The zero-order valence-corrected chi connectivity index (χ0v) is 11.8. The second-order valence-electron chi connectivity index (χ2n) is 4.98. The van der Waals surface area contributed by atoms with Crippen LogP contribution in [-0.4, -0.2) is 23.5 Å². The predicted molar refractivity (Wildman–Crippen MR) is 74.7 cm³/mol. The van der Waals surface area contributed by atoms with Gasteiger partial charge in [0.05, 0.1) is 5.92 Å². The Morgan fingerprint density at radius 3 is 2.81 bits per heavy atom. The van der Waals surface area contributed by atoms with Crippen LogP contribution in [0, 0.1) is 18.7 Å². The lowest BCUT2D eigenvalue weighted by Crippen LogP contribution is -2.27. The van der Waals surface area contributed by atoms with E-state index in [4.69, 9.17) is 9.52 Å². The molecule has 1 aromatic heterocycles. The van der Waals surface area contributed by atoms with Crippen LogP contribution in [0.3, 0.4) is 0 Å². The van der Waals surface area contributed by atoms with Crippen LogP contribution in [0.25, 0.3) is 11.0 Å². The number of carbonyl (C=O) groups is 2. The first-order valence-electron chi connectivity index (χ1n) is 6.59. The summed E-state index contributed by atoms with van der Waals surface area (Å²) in [6.07, 6.45) is 0.328. The van der Waals surface area contributed by atoms with Gasteiger partial charge in [0, 0.05) is 17.5 Å². The highest BCUT2D eigenvalue weighted by Crippen LogP contribution is 2.25. The van der Waals surface area contributed by atoms with Gasteiger partial charge in [-0.2, -0.15) is 0 Å². The molecule has 0 aliphatic rings. The first-order chi connectivity index (χ1) is 9.90. The number of nitrogens with one attached hydrogen (secondary N) is 1. The van der Waals surface area contributed by atoms with E-state index in [9.17, 15) is 14.0 Å². The molecule has 2 aromatic rings. The van der Waals surface area contributed by atoms with E-state index < -0.39 is 23.6 Å². The number of hydrogen-bond acceptors (Lipinski definition) is 3. The third kappa shape index (κ3) is 3.21. The number of carboxylic acids is 1. The van der Waals surface area contributed by atoms with Crippen LogP contribution >= 0.6 is 0 Å². The summed E-state index contributed by atoms with van der Waals surface area (Å²) in [7, 11) is 0. The van der Waals surface area contributed by atoms with E-state index in [1.165, 1.54) is 18.2 Å². The number of amides is 1. The molecular weight excluding hydrogens is 277 g/mol. The number of carbonyl (C=O) groups excluding carboxylic acids is 1. The zero-order valence-electron chi connectivity index (χ0n) is 11.8. The fourth-order valence-corrected chi connectivity index (χ4v) is 2.02. The number of furan rings is 1. The highest BCUT2D eigenvalue weighted by molar-refractivity contribution is 5.98. The van der Waals surface area contributed by atoms with Gasteiger partial charge in [-0.05, 0) is 31.5 Å². The van der Waals surface area contributed by atoms with Crippen LogP contribution < -0.4 is 5.32 Å². The lowest BCUT2D eigenvalue weighted by Gasteiger charge is -2.06. The molecule has 0 saturated heterocycles.